The Balaban J connectivity index is 1.30. The number of amides is 2. The molecule has 8 heteroatoms. The van der Waals surface area contributed by atoms with Crippen LogP contribution in [0.5, 0.6) is 0 Å². The summed E-state index contributed by atoms with van der Waals surface area (Å²) in [5.74, 6) is 0.591. The molecular formula is C24H31N5O3. The van der Waals surface area contributed by atoms with Gasteiger partial charge in [0, 0.05) is 31.1 Å². The molecule has 0 spiro atoms. The monoisotopic (exact) mass is 437 g/mol. The summed E-state index contributed by atoms with van der Waals surface area (Å²) in [6.45, 7) is 6.69. The van der Waals surface area contributed by atoms with Gasteiger partial charge in [0.15, 0.2) is 5.78 Å². The number of nitrogens with zero attached hydrogens (tertiary/aromatic N) is 4. The van der Waals surface area contributed by atoms with Crippen LogP contribution in [-0.4, -0.2) is 55.9 Å². The van der Waals surface area contributed by atoms with Gasteiger partial charge < -0.3 is 10.2 Å². The highest BCUT2D eigenvalue weighted by atomic mass is 16.2. The Morgan fingerprint density at radius 3 is 2.78 bits per heavy atom. The first kappa shape index (κ1) is 21.1. The summed E-state index contributed by atoms with van der Waals surface area (Å²) < 4.78 is 1.55. The molecule has 170 valence electrons. The third-order valence-electron chi connectivity index (χ3n) is 7.87. The van der Waals surface area contributed by atoms with Gasteiger partial charge in [-0.3, -0.25) is 24.0 Å². The van der Waals surface area contributed by atoms with E-state index in [1.807, 2.05) is 0 Å². The van der Waals surface area contributed by atoms with Crippen LogP contribution in [0.15, 0.2) is 18.5 Å². The van der Waals surface area contributed by atoms with Gasteiger partial charge in [0.05, 0.1) is 11.7 Å². The highest BCUT2D eigenvalue weighted by Gasteiger charge is 2.56. The van der Waals surface area contributed by atoms with E-state index in [1.165, 1.54) is 19.8 Å². The maximum atomic E-state index is 13.3. The first-order chi connectivity index (χ1) is 15.3. The summed E-state index contributed by atoms with van der Waals surface area (Å²) in [7, 11) is 0. The van der Waals surface area contributed by atoms with E-state index < -0.39 is 6.04 Å². The number of nitrogens with one attached hydrogen (secondary N) is 1. The van der Waals surface area contributed by atoms with Crippen molar-refractivity contribution in [1.29, 1.82) is 0 Å². The van der Waals surface area contributed by atoms with E-state index in [2.05, 4.69) is 29.2 Å². The van der Waals surface area contributed by atoms with Crippen molar-refractivity contribution in [1.82, 2.24) is 25.0 Å². The Morgan fingerprint density at radius 1 is 1.25 bits per heavy atom. The molecule has 1 unspecified atom stereocenters. The van der Waals surface area contributed by atoms with E-state index in [-0.39, 0.29) is 35.6 Å². The summed E-state index contributed by atoms with van der Waals surface area (Å²) in [5.41, 5.74) is 1.25. The normalized spacial score (nSPS) is 28.0. The van der Waals surface area contributed by atoms with E-state index in [0.29, 0.717) is 35.0 Å². The zero-order valence-electron chi connectivity index (χ0n) is 19.0. The van der Waals surface area contributed by atoms with Crippen LogP contribution in [0.1, 0.15) is 63.4 Å². The molecule has 2 aromatic heterocycles. The molecule has 32 heavy (non-hydrogen) atoms. The molecular weight excluding hydrogens is 406 g/mol. The Bertz CT molecular complexity index is 1090. The van der Waals surface area contributed by atoms with Crippen molar-refractivity contribution in [2.24, 2.45) is 17.3 Å². The molecule has 4 atom stereocenters. The third kappa shape index (κ3) is 3.59. The second-order valence-corrected chi connectivity index (χ2v) is 10.4. The molecule has 0 radical (unpaired) electrons. The van der Waals surface area contributed by atoms with Gasteiger partial charge in [-0.2, -0.15) is 5.10 Å². The summed E-state index contributed by atoms with van der Waals surface area (Å²) in [5, 5.41) is 8.24. The number of hydrogen-bond acceptors (Lipinski definition) is 5. The molecule has 0 aromatic carbocycles. The van der Waals surface area contributed by atoms with Crippen LogP contribution < -0.4 is 5.32 Å². The number of ketones is 1. The maximum Gasteiger partial charge on any atom is 0.245 e. The fourth-order valence-corrected chi connectivity index (χ4v) is 5.78. The van der Waals surface area contributed by atoms with Crippen molar-refractivity contribution < 1.29 is 14.4 Å². The SMILES string of the molecule is CC(=O)c1nn(CC(=O)N2[C@@H]3C[C@@H]3C[C@H]2C(=O)NCC2CCCC2(C)C)c2cnccc12. The maximum absolute atomic E-state index is 13.3. The Kier molecular flexibility index (Phi) is 5.06. The number of pyridine rings is 1. The summed E-state index contributed by atoms with van der Waals surface area (Å²) >= 11 is 0. The lowest BCUT2D eigenvalue weighted by atomic mass is 9.82. The van der Waals surface area contributed by atoms with Crippen LogP contribution in [0.3, 0.4) is 0 Å². The van der Waals surface area contributed by atoms with E-state index in [9.17, 15) is 14.4 Å². The fourth-order valence-electron chi connectivity index (χ4n) is 5.78. The fraction of sp³-hybridized carbons (Fsp3) is 0.625. The number of aromatic nitrogens is 3. The van der Waals surface area contributed by atoms with Crippen molar-refractivity contribution in [3.05, 3.63) is 24.2 Å². The average Bonchev–Trinajstić information content (AvgIpc) is 3.08. The predicted molar refractivity (Wildman–Crippen MR) is 119 cm³/mol. The highest BCUT2D eigenvalue weighted by Crippen LogP contribution is 2.48. The van der Waals surface area contributed by atoms with Gasteiger partial charge in [0.25, 0.3) is 0 Å². The summed E-state index contributed by atoms with van der Waals surface area (Å²) in [4.78, 5) is 44.3. The average molecular weight is 438 g/mol. The third-order valence-corrected chi connectivity index (χ3v) is 7.87. The van der Waals surface area contributed by atoms with Gasteiger partial charge in [-0.1, -0.05) is 20.3 Å². The van der Waals surface area contributed by atoms with Gasteiger partial charge >= 0.3 is 0 Å². The number of piperidine rings is 1. The first-order valence-electron chi connectivity index (χ1n) is 11.7. The quantitative estimate of drug-likeness (QED) is 0.701. The molecule has 3 heterocycles. The number of hydrogen-bond donors (Lipinski definition) is 1. The molecule has 2 saturated carbocycles. The number of rotatable bonds is 6. The van der Waals surface area contributed by atoms with Crippen LogP contribution in [0.2, 0.25) is 0 Å². The van der Waals surface area contributed by atoms with Crippen LogP contribution in [0, 0.1) is 17.3 Å². The molecule has 8 nitrogen and oxygen atoms in total. The lowest BCUT2D eigenvalue weighted by Crippen LogP contribution is -2.50. The zero-order valence-corrected chi connectivity index (χ0v) is 19.0. The van der Waals surface area contributed by atoms with E-state index >= 15 is 0 Å². The van der Waals surface area contributed by atoms with Crippen molar-refractivity contribution in [2.75, 3.05) is 6.54 Å². The Morgan fingerprint density at radius 2 is 2.06 bits per heavy atom. The van der Waals surface area contributed by atoms with Crippen LogP contribution >= 0.6 is 0 Å². The van der Waals surface area contributed by atoms with Gasteiger partial charge in [-0.25, -0.2) is 0 Å². The van der Waals surface area contributed by atoms with Gasteiger partial charge in [0.2, 0.25) is 11.8 Å². The first-order valence-corrected chi connectivity index (χ1v) is 11.7. The molecule has 2 aromatic rings. The van der Waals surface area contributed by atoms with Gasteiger partial charge in [-0.15, -0.1) is 0 Å². The molecule has 2 aliphatic carbocycles. The van der Waals surface area contributed by atoms with Crippen LogP contribution in [0.25, 0.3) is 10.9 Å². The number of likely N-dealkylation sites (tertiary alicyclic amines) is 1. The predicted octanol–water partition coefficient (Wildman–Crippen LogP) is 2.57. The summed E-state index contributed by atoms with van der Waals surface area (Å²) in [6.07, 6.45) is 8.48. The van der Waals surface area contributed by atoms with Crippen molar-refractivity contribution >= 4 is 28.5 Å². The number of carbonyl (C=O) groups is 3. The van der Waals surface area contributed by atoms with Gasteiger partial charge in [-0.05, 0) is 49.0 Å². The summed E-state index contributed by atoms with van der Waals surface area (Å²) in [6, 6.07) is 1.48. The molecule has 1 saturated heterocycles. The minimum atomic E-state index is -0.414. The van der Waals surface area contributed by atoms with Crippen molar-refractivity contribution in [3.8, 4) is 0 Å². The highest BCUT2D eigenvalue weighted by molar-refractivity contribution is 6.04. The van der Waals surface area contributed by atoms with Crippen molar-refractivity contribution in [2.45, 2.75) is 71.5 Å². The standard InChI is InChI=1S/C24H31N5O3/c1-14(30)22-17-6-8-25-12-20(17)28(27-22)13-21(31)29-18-9-15(18)10-19(29)23(32)26-11-16-5-4-7-24(16,2)3/h6,8,12,15-16,18-19H,4-5,7,9-11,13H2,1-3H3,(H,26,32)/t15-,16?,18-,19+/m1/s1. The molecule has 3 fully saturated rings. The molecule has 1 aliphatic heterocycles. The van der Waals surface area contributed by atoms with Crippen LogP contribution in [-0.2, 0) is 16.1 Å². The molecule has 1 N–H and O–H groups in total. The minimum absolute atomic E-state index is 0.00186. The van der Waals surface area contributed by atoms with E-state index in [0.717, 1.165) is 19.3 Å². The Labute approximate surface area is 187 Å². The van der Waals surface area contributed by atoms with Crippen LogP contribution in [0.4, 0.5) is 0 Å². The largest absolute Gasteiger partial charge is 0.354 e. The Hall–Kier alpha value is -2.77. The lowest BCUT2D eigenvalue weighted by molar-refractivity contribution is -0.140. The topological polar surface area (TPSA) is 97.2 Å². The van der Waals surface area contributed by atoms with Crippen molar-refractivity contribution in [3.63, 3.8) is 0 Å². The lowest BCUT2D eigenvalue weighted by Gasteiger charge is -2.30. The second kappa shape index (κ2) is 7.67. The molecule has 0 bridgehead atoms. The number of Topliss-reactive ketones (excluding diaryl/α,β-unsaturated/α-hetero) is 1. The number of carbonyl (C=O) groups excluding carboxylic acids is 3. The molecule has 2 amide bonds. The van der Waals surface area contributed by atoms with Gasteiger partial charge in [0.1, 0.15) is 18.3 Å². The van der Waals surface area contributed by atoms with E-state index in [1.54, 1.807) is 28.0 Å². The molecule has 3 aliphatic rings. The minimum Gasteiger partial charge on any atom is -0.354 e. The molecule has 5 rings (SSSR count). The number of fused-ring (bicyclic) bond motifs is 2. The smallest absolute Gasteiger partial charge is 0.245 e. The second-order valence-electron chi connectivity index (χ2n) is 10.4. The zero-order chi connectivity index (χ0) is 22.6. The van der Waals surface area contributed by atoms with E-state index in [4.69, 9.17) is 0 Å².